The molecule has 0 atom stereocenters. The molecule has 0 heterocycles. The van der Waals surface area contributed by atoms with E-state index in [9.17, 15) is 13.9 Å². The zero-order valence-electron chi connectivity index (χ0n) is 11.0. The molecule has 0 aliphatic carbocycles. The summed E-state index contributed by atoms with van der Waals surface area (Å²) in [4.78, 5) is 0. The van der Waals surface area contributed by atoms with Gasteiger partial charge in [0, 0.05) is 23.7 Å². The number of aromatic hydroxyl groups is 1. The van der Waals surface area contributed by atoms with Gasteiger partial charge < -0.3 is 15.2 Å². The molecule has 0 spiro atoms. The lowest BCUT2D eigenvalue weighted by molar-refractivity contribution is -0.0498. The average molecular weight is 314 g/mol. The van der Waals surface area contributed by atoms with Gasteiger partial charge >= 0.3 is 6.61 Å². The van der Waals surface area contributed by atoms with E-state index in [1.807, 2.05) is 0 Å². The molecule has 21 heavy (non-hydrogen) atoms. The summed E-state index contributed by atoms with van der Waals surface area (Å²) in [5.41, 5.74) is 1.61. The van der Waals surface area contributed by atoms with Gasteiger partial charge in [0.15, 0.2) is 0 Å². The normalized spacial score (nSPS) is 10.9. The second kappa shape index (κ2) is 7.24. The van der Waals surface area contributed by atoms with Crippen LogP contribution in [0.2, 0.25) is 5.02 Å². The number of ether oxygens (including phenoxy) is 1. The number of hydrogen-bond donors (Lipinski definition) is 2. The Kier molecular flexibility index (Phi) is 5.36. The average Bonchev–Trinajstić information content (AvgIpc) is 2.44. The van der Waals surface area contributed by atoms with Gasteiger partial charge in [-0.25, -0.2) is 0 Å². The second-order valence-corrected chi connectivity index (χ2v) is 4.84. The van der Waals surface area contributed by atoms with Crippen LogP contribution in [0.3, 0.4) is 0 Å². The van der Waals surface area contributed by atoms with Crippen LogP contribution in [0.5, 0.6) is 11.5 Å². The van der Waals surface area contributed by atoms with Crippen LogP contribution in [0.1, 0.15) is 11.1 Å². The Labute approximate surface area is 126 Å². The molecule has 2 aromatic carbocycles. The lowest BCUT2D eigenvalue weighted by Crippen LogP contribution is -2.12. The van der Waals surface area contributed by atoms with Crippen LogP contribution in [0.25, 0.3) is 0 Å². The van der Waals surface area contributed by atoms with Crippen LogP contribution < -0.4 is 10.1 Å². The highest BCUT2D eigenvalue weighted by Crippen LogP contribution is 2.21. The van der Waals surface area contributed by atoms with E-state index in [4.69, 9.17) is 11.6 Å². The molecule has 0 amide bonds. The van der Waals surface area contributed by atoms with Gasteiger partial charge in [-0.15, -0.1) is 0 Å². The summed E-state index contributed by atoms with van der Waals surface area (Å²) in [6, 6.07) is 11.2. The van der Waals surface area contributed by atoms with Crippen LogP contribution in [-0.2, 0) is 13.1 Å². The molecule has 0 fully saturated rings. The first kappa shape index (κ1) is 15.5. The number of hydrogen-bond acceptors (Lipinski definition) is 3. The molecule has 0 bridgehead atoms. The molecule has 112 valence electrons. The van der Waals surface area contributed by atoms with Crippen molar-refractivity contribution < 1.29 is 18.6 Å². The van der Waals surface area contributed by atoms with Crippen molar-refractivity contribution in [2.75, 3.05) is 0 Å². The monoisotopic (exact) mass is 313 g/mol. The van der Waals surface area contributed by atoms with Gasteiger partial charge in [-0.2, -0.15) is 8.78 Å². The zero-order chi connectivity index (χ0) is 15.2. The molecule has 0 saturated carbocycles. The van der Waals surface area contributed by atoms with Gasteiger partial charge in [0.2, 0.25) is 0 Å². The maximum Gasteiger partial charge on any atom is 0.387 e. The molecule has 0 aliphatic heterocycles. The summed E-state index contributed by atoms with van der Waals surface area (Å²) in [5.74, 6) is 0.300. The fourth-order valence-electron chi connectivity index (χ4n) is 1.83. The van der Waals surface area contributed by atoms with Gasteiger partial charge in [0.05, 0.1) is 0 Å². The number of nitrogens with one attached hydrogen (secondary N) is 1. The Balaban J connectivity index is 1.87. The van der Waals surface area contributed by atoms with Crippen molar-refractivity contribution in [1.29, 1.82) is 0 Å². The van der Waals surface area contributed by atoms with Gasteiger partial charge in [0.25, 0.3) is 0 Å². The number of rotatable bonds is 6. The van der Waals surface area contributed by atoms with Gasteiger partial charge in [-0.05, 0) is 35.9 Å². The van der Waals surface area contributed by atoms with Gasteiger partial charge in [0.1, 0.15) is 11.5 Å². The van der Waals surface area contributed by atoms with Crippen molar-refractivity contribution in [3.05, 3.63) is 58.6 Å². The first-order chi connectivity index (χ1) is 10.0. The quantitative estimate of drug-likeness (QED) is 0.849. The standard InChI is InChI=1S/C15H14ClF2NO2/c16-12-3-6-14(20)11(7-12)9-19-8-10-1-4-13(5-2-10)21-15(17)18/h1-7,15,19-20H,8-9H2. The summed E-state index contributed by atoms with van der Waals surface area (Å²) in [5, 5.41) is 13.4. The van der Waals surface area contributed by atoms with Crippen molar-refractivity contribution in [2.24, 2.45) is 0 Å². The van der Waals surface area contributed by atoms with Crippen molar-refractivity contribution in [1.82, 2.24) is 5.32 Å². The number of phenols is 1. The Morgan fingerprint density at radius 1 is 1.10 bits per heavy atom. The molecule has 3 nitrogen and oxygen atoms in total. The van der Waals surface area contributed by atoms with E-state index in [-0.39, 0.29) is 11.5 Å². The highest BCUT2D eigenvalue weighted by molar-refractivity contribution is 6.30. The molecular weight excluding hydrogens is 300 g/mol. The molecule has 6 heteroatoms. The molecule has 0 unspecified atom stereocenters. The number of benzene rings is 2. The summed E-state index contributed by atoms with van der Waals surface area (Å²) in [7, 11) is 0. The van der Waals surface area contributed by atoms with E-state index in [1.165, 1.54) is 18.2 Å². The fraction of sp³-hybridized carbons (Fsp3) is 0.200. The predicted molar refractivity (Wildman–Crippen MR) is 76.7 cm³/mol. The summed E-state index contributed by atoms with van der Waals surface area (Å²) < 4.78 is 28.3. The highest BCUT2D eigenvalue weighted by Gasteiger charge is 2.04. The smallest absolute Gasteiger partial charge is 0.387 e. The second-order valence-electron chi connectivity index (χ2n) is 4.40. The molecule has 0 aromatic heterocycles. The molecule has 2 N–H and O–H groups in total. The molecule has 0 radical (unpaired) electrons. The van der Waals surface area contributed by atoms with E-state index >= 15 is 0 Å². The Hall–Kier alpha value is -1.85. The van der Waals surface area contributed by atoms with E-state index < -0.39 is 6.61 Å². The number of halogens is 3. The topological polar surface area (TPSA) is 41.5 Å². The van der Waals surface area contributed by atoms with E-state index in [0.29, 0.717) is 23.7 Å². The third kappa shape index (κ3) is 4.88. The minimum atomic E-state index is -2.82. The lowest BCUT2D eigenvalue weighted by atomic mass is 10.2. The predicted octanol–water partition coefficient (Wildman–Crippen LogP) is 3.94. The first-order valence-electron chi connectivity index (χ1n) is 6.26. The minimum absolute atomic E-state index is 0.126. The van der Waals surface area contributed by atoms with Crippen molar-refractivity contribution in [3.8, 4) is 11.5 Å². The van der Waals surface area contributed by atoms with Crippen LogP contribution in [0, 0.1) is 0 Å². The van der Waals surface area contributed by atoms with Gasteiger partial charge in [-0.3, -0.25) is 0 Å². The highest BCUT2D eigenvalue weighted by atomic mass is 35.5. The third-order valence-electron chi connectivity index (χ3n) is 2.83. The zero-order valence-corrected chi connectivity index (χ0v) is 11.8. The Morgan fingerprint density at radius 3 is 2.48 bits per heavy atom. The molecule has 0 aliphatic rings. The van der Waals surface area contributed by atoms with E-state index in [1.54, 1.807) is 24.3 Å². The molecule has 0 saturated heterocycles. The third-order valence-corrected chi connectivity index (χ3v) is 3.07. The van der Waals surface area contributed by atoms with Crippen molar-refractivity contribution in [3.63, 3.8) is 0 Å². The Morgan fingerprint density at radius 2 is 1.81 bits per heavy atom. The Bertz CT molecular complexity index is 591. The number of phenolic OH excluding ortho intramolecular Hbond substituents is 1. The first-order valence-corrected chi connectivity index (χ1v) is 6.64. The van der Waals surface area contributed by atoms with Crippen LogP contribution in [-0.4, -0.2) is 11.7 Å². The molecular formula is C15H14ClF2NO2. The molecule has 2 rings (SSSR count). The van der Waals surface area contributed by atoms with Crippen molar-refractivity contribution >= 4 is 11.6 Å². The van der Waals surface area contributed by atoms with Crippen molar-refractivity contribution in [2.45, 2.75) is 19.7 Å². The largest absolute Gasteiger partial charge is 0.508 e. The van der Waals surface area contributed by atoms with Crippen LogP contribution >= 0.6 is 11.6 Å². The van der Waals surface area contributed by atoms with Crippen LogP contribution in [0.4, 0.5) is 8.78 Å². The van der Waals surface area contributed by atoms with Gasteiger partial charge in [-0.1, -0.05) is 23.7 Å². The fourth-order valence-corrected chi connectivity index (χ4v) is 2.02. The summed E-state index contributed by atoms with van der Waals surface area (Å²) >= 11 is 5.86. The number of alkyl halides is 2. The minimum Gasteiger partial charge on any atom is -0.508 e. The van der Waals surface area contributed by atoms with Crippen LogP contribution in [0.15, 0.2) is 42.5 Å². The maximum atomic E-state index is 12.0. The van der Waals surface area contributed by atoms with E-state index in [0.717, 1.165) is 5.56 Å². The summed E-state index contributed by atoms with van der Waals surface area (Å²) in [6.07, 6.45) is 0. The SMILES string of the molecule is Oc1ccc(Cl)cc1CNCc1ccc(OC(F)F)cc1. The molecule has 2 aromatic rings. The maximum absolute atomic E-state index is 12.0. The summed E-state index contributed by atoms with van der Waals surface area (Å²) in [6.45, 7) is -1.84. The lowest BCUT2D eigenvalue weighted by Gasteiger charge is -2.08. The van der Waals surface area contributed by atoms with E-state index in [2.05, 4.69) is 10.1 Å².